The second kappa shape index (κ2) is 4.05. The molecule has 64 valence electrons. The molecule has 0 saturated heterocycles. The Hall–Kier alpha value is -1.11. The monoisotopic (exact) mass is 161 g/mol. The second-order valence-electron chi connectivity index (χ2n) is 3.11. The number of allylic oxidation sites excluding steroid dienone is 4. The van der Waals surface area contributed by atoms with Crippen LogP contribution in [0.25, 0.3) is 0 Å². The Kier molecular flexibility index (Phi) is 3.03. The highest BCUT2D eigenvalue weighted by Crippen LogP contribution is 2.22. The number of nitrogens with one attached hydrogen (secondary N) is 1. The maximum atomic E-state index is 7.78. The van der Waals surface area contributed by atoms with E-state index in [1.54, 1.807) is 6.08 Å². The predicted octanol–water partition coefficient (Wildman–Crippen LogP) is 3.25. The molecule has 0 unspecified atom stereocenters. The second-order valence-corrected chi connectivity index (χ2v) is 3.11. The molecule has 0 atom stereocenters. The zero-order valence-electron chi connectivity index (χ0n) is 7.40. The van der Waals surface area contributed by atoms with Crippen molar-refractivity contribution in [3.05, 3.63) is 36.5 Å². The summed E-state index contributed by atoms with van der Waals surface area (Å²) in [5, 5.41) is 7.78. The summed E-state index contributed by atoms with van der Waals surface area (Å²) < 4.78 is 0. The first-order valence-electron chi connectivity index (χ1n) is 4.34. The van der Waals surface area contributed by atoms with Crippen LogP contribution in [0.5, 0.6) is 0 Å². The van der Waals surface area contributed by atoms with Crippen molar-refractivity contribution >= 4 is 5.71 Å². The Bertz CT molecular complexity index is 246. The van der Waals surface area contributed by atoms with E-state index in [2.05, 4.69) is 13.2 Å². The van der Waals surface area contributed by atoms with E-state index in [0.29, 0.717) is 5.71 Å². The largest absolute Gasteiger partial charge is 0.300 e. The summed E-state index contributed by atoms with van der Waals surface area (Å²) in [5.74, 6) is 0. The molecule has 0 aromatic rings. The lowest BCUT2D eigenvalue weighted by molar-refractivity contribution is 0.763. The average Bonchev–Trinajstić information content (AvgIpc) is 2.20. The van der Waals surface area contributed by atoms with Gasteiger partial charge in [-0.15, -0.1) is 0 Å². The van der Waals surface area contributed by atoms with Gasteiger partial charge in [-0.3, -0.25) is 0 Å². The van der Waals surface area contributed by atoms with Crippen LogP contribution < -0.4 is 0 Å². The van der Waals surface area contributed by atoms with Crippen LogP contribution in [0.1, 0.15) is 25.7 Å². The van der Waals surface area contributed by atoms with Crippen molar-refractivity contribution in [3.8, 4) is 0 Å². The van der Waals surface area contributed by atoms with Crippen molar-refractivity contribution in [2.75, 3.05) is 0 Å². The van der Waals surface area contributed by atoms with Gasteiger partial charge in [-0.2, -0.15) is 0 Å². The van der Waals surface area contributed by atoms with E-state index < -0.39 is 0 Å². The topological polar surface area (TPSA) is 23.9 Å². The van der Waals surface area contributed by atoms with Crippen molar-refractivity contribution in [3.63, 3.8) is 0 Å². The van der Waals surface area contributed by atoms with E-state index in [4.69, 9.17) is 5.41 Å². The fourth-order valence-corrected chi connectivity index (χ4v) is 1.44. The zero-order chi connectivity index (χ0) is 8.97. The minimum atomic E-state index is 0.632. The lowest BCUT2D eigenvalue weighted by atomic mass is 10.0. The van der Waals surface area contributed by atoms with Gasteiger partial charge in [-0.25, -0.2) is 0 Å². The van der Waals surface area contributed by atoms with Gasteiger partial charge in [0.15, 0.2) is 0 Å². The third kappa shape index (κ3) is 1.94. The number of rotatable bonds is 1. The highest BCUT2D eigenvalue weighted by molar-refractivity contribution is 6.10. The number of hydrogen-bond acceptors (Lipinski definition) is 1. The normalized spacial score (nSPS) is 22.5. The zero-order valence-corrected chi connectivity index (χ0v) is 7.40. The summed E-state index contributed by atoms with van der Waals surface area (Å²) in [6, 6.07) is 0. The summed E-state index contributed by atoms with van der Waals surface area (Å²) in [7, 11) is 0. The van der Waals surface area contributed by atoms with E-state index in [9.17, 15) is 0 Å². The predicted molar refractivity (Wildman–Crippen MR) is 53.6 cm³/mol. The van der Waals surface area contributed by atoms with E-state index in [1.165, 1.54) is 6.42 Å². The molecule has 1 saturated carbocycles. The minimum absolute atomic E-state index is 0.632. The first-order valence-corrected chi connectivity index (χ1v) is 4.34. The first kappa shape index (κ1) is 8.98. The molecule has 0 radical (unpaired) electrons. The van der Waals surface area contributed by atoms with Crippen LogP contribution in [0.4, 0.5) is 0 Å². The fourth-order valence-electron chi connectivity index (χ4n) is 1.44. The summed E-state index contributed by atoms with van der Waals surface area (Å²) in [6.45, 7) is 7.53. The van der Waals surface area contributed by atoms with Gasteiger partial charge >= 0.3 is 0 Å². The molecule has 0 bridgehead atoms. The lowest BCUT2D eigenvalue weighted by Crippen LogP contribution is -2.00. The average molecular weight is 161 g/mol. The van der Waals surface area contributed by atoms with E-state index in [-0.39, 0.29) is 0 Å². The van der Waals surface area contributed by atoms with Gasteiger partial charge < -0.3 is 5.41 Å². The highest BCUT2D eigenvalue weighted by Gasteiger charge is 2.12. The Morgan fingerprint density at radius 3 is 2.58 bits per heavy atom. The van der Waals surface area contributed by atoms with E-state index >= 15 is 0 Å². The van der Waals surface area contributed by atoms with Crippen LogP contribution in [0, 0.1) is 5.41 Å². The third-order valence-electron chi connectivity index (χ3n) is 2.17. The summed E-state index contributed by atoms with van der Waals surface area (Å²) in [5.41, 5.74) is 2.69. The van der Waals surface area contributed by atoms with Gasteiger partial charge in [0.2, 0.25) is 0 Å². The molecule has 0 heterocycles. The van der Waals surface area contributed by atoms with Crippen molar-refractivity contribution in [1.29, 1.82) is 5.41 Å². The minimum Gasteiger partial charge on any atom is -0.300 e. The van der Waals surface area contributed by atoms with Crippen molar-refractivity contribution in [2.24, 2.45) is 0 Å². The van der Waals surface area contributed by atoms with Gasteiger partial charge in [-0.05, 0) is 36.8 Å². The lowest BCUT2D eigenvalue weighted by Gasteiger charge is -2.04. The van der Waals surface area contributed by atoms with Crippen LogP contribution in [0.2, 0.25) is 0 Å². The molecular formula is C11H15N. The molecule has 1 heteroatoms. The Balaban J connectivity index is 2.85. The van der Waals surface area contributed by atoms with Crippen molar-refractivity contribution < 1.29 is 0 Å². The maximum absolute atomic E-state index is 7.78. The molecule has 1 aliphatic carbocycles. The van der Waals surface area contributed by atoms with Gasteiger partial charge in [0.1, 0.15) is 0 Å². The summed E-state index contributed by atoms with van der Waals surface area (Å²) >= 11 is 0. The van der Waals surface area contributed by atoms with Gasteiger partial charge in [0, 0.05) is 0 Å². The van der Waals surface area contributed by atoms with E-state index in [1.807, 2.05) is 6.08 Å². The molecule has 1 N–H and O–H groups in total. The molecule has 0 amide bonds. The molecule has 1 nitrogen and oxygen atoms in total. The molecule has 1 rings (SSSR count). The van der Waals surface area contributed by atoms with E-state index in [0.717, 1.165) is 30.4 Å². The molecule has 1 fully saturated rings. The molecule has 0 aromatic carbocycles. The standard InChI is InChI=1S/C11H15N/c1-3-6-10-8-5-4-7-9(2)11(10)12/h3,6,12H,1-2,4-5,7-8H2/b10-6-,12-11?. The fraction of sp³-hybridized carbons (Fsp3) is 0.364. The quantitative estimate of drug-likeness (QED) is 0.571. The van der Waals surface area contributed by atoms with Crippen molar-refractivity contribution in [1.82, 2.24) is 0 Å². The SMILES string of the molecule is C=C/C=C1/CCCCC(=C)C1=N. The molecule has 1 aliphatic rings. The first-order chi connectivity index (χ1) is 5.75. The molecule has 0 aromatic heterocycles. The molecule has 0 spiro atoms. The summed E-state index contributed by atoms with van der Waals surface area (Å²) in [6.07, 6.45) is 8.00. The van der Waals surface area contributed by atoms with Gasteiger partial charge in [0.05, 0.1) is 5.71 Å². The Morgan fingerprint density at radius 2 is 1.92 bits per heavy atom. The Labute approximate surface area is 74.0 Å². The summed E-state index contributed by atoms with van der Waals surface area (Å²) in [4.78, 5) is 0. The van der Waals surface area contributed by atoms with Crippen LogP contribution in [0.15, 0.2) is 36.5 Å². The van der Waals surface area contributed by atoms with Crippen LogP contribution >= 0.6 is 0 Å². The van der Waals surface area contributed by atoms with Crippen LogP contribution in [0.3, 0.4) is 0 Å². The molecular weight excluding hydrogens is 146 g/mol. The van der Waals surface area contributed by atoms with Crippen molar-refractivity contribution in [2.45, 2.75) is 25.7 Å². The van der Waals surface area contributed by atoms with Gasteiger partial charge in [-0.1, -0.05) is 25.3 Å². The number of hydrogen-bond donors (Lipinski definition) is 1. The molecule has 0 aliphatic heterocycles. The van der Waals surface area contributed by atoms with Crippen LogP contribution in [-0.4, -0.2) is 5.71 Å². The third-order valence-corrected chi connectivity index (χ3v) is 2.17. The highest BCUT2D eigenvalue weighted by atomic mass is 14.4. The molecule has 12 heavy (non-hydrogen) atoms. The smallest absolute Gasteiger partial charge is 0.0597 e. The van der Waals surface area contributed by atoms with Gasteiger partial charge in [0.25, 0.3) is 0 Å². The Morgan fingerprint density at radius 1 is 1.25 bits per heavy atom. The van der Waals surface area contributed by atoms with Crippen LogP contribution in [-0.2, 0) is 0 Å². The maximum Gasteiger partial charge on any atom is 0.0597 e.